The van der Waals surface area contributed by atoms with Crippen molar-refractivity contribution in [2.24, 2.45) is 5.92 Å². The predicted molar refractivity (Wildman–Crippen MR) is 188 cm³/mol. The van der Waals surface area contributed by atoms with Gasteiger partial charge in [-0.05, 0) is 68.7 Å². The third-order valence-corrected chi connectivity index (χ3v) is 9.19. The number of amides is 5. The van der Waals surface area contributed by atoms with Gasteiger partial charge in [0.15, 0.2) is 5.69 Å². The molecule has 272 valence electrons. The Morgan fingerprint density at radius 3 is 2.25 bits per heavy atom. The summed E-state index contributed by atoms with van der Waals surface area (Å²) in [7, 11) is 0. The van der Waals surface area contributed by atoms with E-state index in [0.29, 0.717) is 24.2 Å². The lowest BCUT2D eigenvalue weighted by Gasteiger charge is -2.29. The van der Waals surface area contributed by atoms with Crippen LogP contribution in [0, 0.1) is 5.92 Å². The number of fused-ring (bicyclic) bond motifs is 18. The molecule has 6 rings (SSSR count). The number of aromatic nitrogens is 2. The molecule has 2 bridgehead atoms. The Labute approximate surface area is 296 Å². The van der Waals surface area contributed by atoms with Crippen LogP contribution in [0.15, 0.2) is 54.6 Å². The van der Waals surface area contributed by atoms with Gasteiger partial charge in [-0.2, -0.15) is 5.10 Å². The third kappa shape index (κ3) is 9.51. The quantitative estimate of drug-likeness (QED) is 0.183. The van der Waals surface area contributed by atoms with Crippen LogP contribution in [-0.2, 0) is 44.9 Å². The minimum absolute atomic E-state index is 0.0841. The second kappa shape index (κ2) is 16.6. The predicted octanol–water partition coefficient (Wildman–Crippen LogP) is 0.871. The minimum Gasteiger partial charge on any atom is -0.491 e. The van der Waals surface area contributed by atoms with Gasteiger partial charge in [0, 0.05) is 17.7 Å². The first-order valence-corrected chi connectivity index (χ1v) is 17.4. The Balaban J connectivity index is 1.44. The highest BCUT2D eigenvalue weighted by molar-refractivity contribution is 5.99. The highest BCUT2D eigenvalue weighted by Gasteiger charge is 2.34. The molecule has 2 aliphatic heterocycles. The van der Waals surface area contributed by atoms with Crippen LogP contribution in [0.25, 0.3) is 0 Å². The Kier molecular flexibility index (Phi) is 12.1. The summed E-state index contributed by atoms with van der Waals surface area (Å²) in [5.41, 5.74) is 3.65. The molecular weight excluding hydrogens is 654 g/mol. The first kappa shape index (κ1) is 37.0. The molecule has 14 nitrogen and oxygen atoms in total. The maximum absolute atomic E-state index is 13.7. The lowest BCUT2D eigenvalue weighted by atomic mass is 10.0. The number of carbonyl (C=O) groups is 5. The van der Waals surface area contributed by atoms with E-state index in [0.717, 1.165) is 29.7 Å². The number of H-pyrrole nitrogens is 1. The first-order valence-electron chi connectivity index (χ1n) is 17.4. The number of rotatable bonds is 6. The van der Waals surface area contributed by atoms with Crippen molar-refractivity contribution in [2.45, 2.75) is 96.1 Å². The molecule has 0 saturated heterocycles. The van der Waals surface area contributed by atoms with Gasteiger partial charge in [0.1, 0.15) is 36.5 Å². The lowest BCUT2D eigenvalue weighted by molar-refractivity contribution is -0.136. The van der Waals surface area contributed by atoms with Crippen LogP contribution in [-0.4, -0.2) is 87.8 Å². The summed E-state index contributed by atoms with van der Waals surface area (Å²) >= 11 is 0. The smallest absolute Gasteiger partial charge is 0.272 e. The fraction of sp³-hybridized carbons (Fsp3) is 0.459. The molecule has 3 aliphatic rings. The number of ether oxygens (including phenoxy) is 1. The summed E-state index contributed by atoms with van der Waals surface area (Å²) in [6.07, 6.45) is 1.59. The second-order valence-electron chi connectivity index (χ2n) is 13.7. The summed E-state index contributed by atoms with van der Waals surface area (Å²) in [5, 5.41) is 31.3. The van der Waals surface area contributed by atoms with Crippen molar-refractivity contribution in [3.8, 4) is 5.75 Å². The number of carbonyl (C=O) groups excluding carboxylic acids is 5. The molecule has 2 aromatic carbocycles. The van der Waals surface area contributed by atoms with E-state index in [1.165, 1.54) is 13.8 Å². The SMILES string of the molecule is CC(C)[C@H]1NC(=O)[C@H]([C@@H](C)O)NC(=O)[C@@H](C)NC(=O)[C@@H](NC(=O)c2n[nH]c3c2CCC3)Cc2ccc(cc2)OC[C@H](Cc2ccccc2)NC1=O. The number of aromatic amines is 1. The highest BCUT2D eigenvalue weighted by Crippen LogP contribution is 2.23. The van der Waals surface area contributed by atoms with Crippen molar-refractivity contribution < 1.29 is 33.8 Å². The zero-order valence-corrected chi connectivity index (χ0v) is 29.3. The van der Waals surface area contributed by atoms with Crippen LogP contribution in [0.5, 0.6) is 5.75 Å². The average Bonchev–Trinajstić information content (AvgIpc) is 3.73. The Hall–Kier alpha value is -5.24. The van der Waals surface area contributed by atoms with E-state index in [9.17, 15) is 29.1 Å². The molecule has 51 heavy (non-hydrogen) atoms. The maximum atomic E-state index is 13.7. The van der Waals surface area contributed by atoms with Gasteiger partial charge in [-0.1, -0.05) is 56.3 Å². The van der Waals surface area contributed by atoms with E-state index in [-0.39, 0.29) is 24.6 Å². The zero-order chi connectivity index (χ0) is 36.7. The van der Waals surface area contributed by atoms with Crippen LogP contribution in [0.1, 0.15) is 67.0 Å². The van der Waals surface area contributed by atoms with Crippen LogP contribution in [0.2, 0.25) is 0 Å². The molecule has 0 unspecified atom stereocenters. The topological polar surface area (TPSA) is 204 Å². The van der Waals surface area contributed by atoms with E-state index < -0.39 is 65.8 Å². The summed E-state index contributed by atoms with van der Waals surface area (Å²) in [4.78, 5) is 67.5. The number of nitrogens with one attached hydrogen (secondary N) is 6. The molecule has 5 amide bonds. The summed E-state index contributed by atoms with van der Waals surface area (Å²) in [6, 6.07) is 11.5. The Bertz CT molecular complexity index is 1710. The molecule has 1 aromatic heterocycles. The Morgan fingerprint density at radius 1 is 0.882 bits per heavy atom. The van der Waals surface area contributed by atoms with E-state index >= 15 is 0 Å². The minimum atomic E-state index is -1.44. The summed E-state index contributed by atoms with van der Waals surface area (Å²) in [6.45, 7) is 6.42. The van der Waals surface area contributed by atoms with E-state index in [2.05, 4.69) is 36.8 Å². The first-order chi connectivity index (χ1) is 24.4. The van der Waals surface area contributed by atoms with E-state index in [4.69, 9.17) is 4.74 Å². The van der Waals surface area contributed by atoms with Gasteiger partial charge in [-0.15, -0.1) is 0 Å². The van der Waals surface area contributed by atoms with Crippen LogP contribution in [0.3, 0.4) is 0 Å². The molecule has 14 heteroatoms. The maximum Gasteiger partial charge on any atom is 0.272 e. The van der Waals surface area contributed by atoms with Crippen LogP contribution in [0.4, 0.5) is 0 Å². The molecule has 7 N–H and O–H groups in total. The van der Waals surface area contributed by atoms with Crippen molar-refractivity contribution in [1.29, 1.82) is 0 Å². The number of hydrogen-bond acceptors (Lipinski definition) is 8. The fourth-order valence-electron chi connectivity index (χ4n) is 6.28. The van der Waals surface area contributed by atoms with Gasteiger partial charge in [0.05, 0.1) is 12.1 Å². The van der Waals surface area contributed by atoms with Crippen molar-refractivity contribution in [3.05, 3.63) is 82.7 Å². The number of nitrogens with zero attached hydrogens (tertiary/aromatic N) is 1. The summed E-state index contributed by atoms with van der Waals surface area (Å²) in [5.74, 6) is -2.94. The van der Waals surface area contributed by atoms with E-state index in [1.54, 1.807) is 38.1 Å². The van der Waals surface area contributed by atoms with Crippen LogP contribution < -0.4 is 31.3 Å². The highest BCUT2D eigenvalue weighted by atomic mass is 16.5. The number of hydrogen-bond donors (Lipinski definition) is 7. The molecule has 0 spiro atoms. The van der Waals surface area contributed by atoms with Gasteiger partial charge >= 0.3 is 0 Å². The van der Waals surface area contributed by atoms with Gasteiger partial charge in [-0.3, -0.25) is 29.1 Å². The second-order valence-corrected chi connectivity index (χ2v) is 13.7. The summed E-state index contributed by atoms with van der Waals surface area (Å²) < 4.78 is 6.13. The third-order valence-electron chi connectivity index (χ3n) is 9.19. The molecule has 6 atom stereocenters. The number of benzene rings is 2. The Morgan fingerprint density at radius 2 is 1.57 bits per heavy atom. The van der Waals surface area contributed by atoms with Crippen molar-refractivity contribution >= 4 is 29.5 Å². The molecular formula is C37H47N7O7. The molecule has 3 aromatic rings. The van der Waals surface area contributed by atoms with Crippen molar-refractivity contribution in [1.82, 2.24) is 36.8 Å². The number of aliphatic hydroxyl groups is 1. The van der Waals surface area contributed by atoms with Gasteiger partial charge in [-0.25, -0.2) is 0 Å². The lowest BCUT2D eigenvalue weighted by Crippen LogP contribution is -2.61. The van der Waals surface area contributed by atoms with Crippen molar-refractivity contribution in [3.63, 3.8) is 0 Å². The van der Waals surface area contributed by atoms with E-state index in [1.807, 2.05) is 30.3 Å². The molecule has 0 fully saturated rings. The molecule has 1 aliphatic carbocycles. The normalized spacial score (nSPS) is 24.0. The van der Waals surface area contributed by atoms with Crippen LogP contribution >= 0.6 is 0 Å². The molecule has 3 heterocycles. The number of aliphatic hydroxyl groups excluding tert-OH is 1. The number of aryl methyl sites for hydroxylation is 1. The molecule has 0 saturated carbocycles. The van der Waals surface area contributed by atoms with Crippen molar-refractivity contribution in [2.75, 3.05) is 6.61 Å². The zero-order valence-electron chi connectivity index (χ0n) is 29.3. The van der Waals surface area contributed by atoms with Gasteiger partial charge in [0.25, 0.3) is 5.91 Å². The molecule has 0 radical (unpaired) electrons. The fourth-order valence-corrected chi connectivity index (χ4v) is 6.28. The largest absolute Gasteiger partial charge is 0.491 e. The standard InChI is InChI=1S/C37H47N7O7/c1-20(2)30-35(48)39-25(17-23-9-6-5-7-10-23)19-51-26-15-13-24(14-16-26)18-29(40-37(50)32-27-11-8-12-28(27)43-44-32)34(47)38-21(3)33(46)42-31(22(4)45)36(49)41-30/h5-7,9-10,13-16,20-22,25,29-31,45H,8,11-12,17-19H2,1-4H3,(H,38,47)(H,39,48)(H,40,50)(H,41,49)(H,42,46)(H,43,44)/t21-,22-,25+,29+,30-,31+/m1/s1. The van der Waals surface area contributed by atoms with Gasteiger partial charge in [0.2, 0.25) is 23.6 Å². The monoisotopic (exact) mass is 701 g/mol. The average molecular weight is 702 g/mol. The van der Waals surface area contributed by atoms with Gasteiger partial charge < -0.3 is 36.4 Å².